The topological polar surface area (TPSA) is 79.3 Å². The minimum atomic E-state index is -0.174. The normalized spacial score (nSPS) is 13.1. The highest BCUT2D eigenvalue weighted by Gasteiger charge is 2.21. The molecule has 1 aliphatic rings. The Bertz CT molecular complexity index is 1280. The van der Waals surface area contributed by atoms with Crippen molar-refractivity contribution in [3.8, 4) is 11.3 Å². The first-order valence-corrected chi connectivity index (χ1v) is 11.3. The van der Waals surface area contributed by atoms with Crippen LogP contribution in [0.4, 0.5) is 10.5 Å². The summed E-state index contributed by atoms with van der Waals surface area (Å²) in [6.07, 6.45) is 1.99. The third-order valence-electron chi connectivity index (χ3n) is 5.81. The molecule has 1 aliphatic heterocycles. The fourth-order valence-electron chi connectivity index (χ4n) is 4.07. The van der Waals surface area contributed by atoms with Crippen molar-refractivity contribution in [1.29, 1.82) is 0 Å². The predicted octanol–water partition coefficient (Wildman–Crippen LogP) is 4.06. The summed E-state index contributed by atoms with van der Waals surface area (Å²) in [5.74, 6) is -0.174. The van der Waals surface area contributed by atoms with Crippen LogP contribution in [0, 0.1) is 0 Å². The van der Waals surface area contributed by atoms with E-state index in [1.165, 1.54) is 0 Å². The third-order valence-corrected chi connectivity index (χ3v) is 5.81. The van der Waals surface area contributed by atoms with Crippen molar-refractivity contribution in [3.05, 3.63) is 108 Å². The minimum Gasteiger partial charge on any atom is -0.348 e. The molecule has 3 amide bonds. The Labute approximate surface area is 198 Å². The Balaban J connectivity index is 1.32. The van der Waals surface area contributed by atoms with Crippen LogP contribution in [0.25, 0.3) is 11.3 Å². The second-order valence-electron chi connectivity index (χ2n) is 8.17. The van der Waals surface area contributed by atoms with Crippen LogP contribution in [0.15, 0.2) is 91.1 Å². The number of rotatable bonds is 7. The Morgan fingerprint density at radius 3 is 2.32 bits per heavy atom. The van der Waals surface area contributed by atoms with Crippen molar-refractivity contribution in [2.75, 3.05) is 18.0 Å². The number of nitrogens with zero attached hydrogens (tertiary/aromatic N) is 3. The lowest BCUT2D eigenvalue weighted by molar-refractivity contribution is 0.0951. The summed E-state index contributed by atoms with van der Waals surface area (Å²) >= 11 is 0. The Morgan fingerprint density at radius 1 is 0.941 bits per heavy atom. The molecule has 1 fully saturated rings. The number of nitrogens with one attached hydrogen (secondary N) is 2. The maximum atomic E-state index is 12.8. The van der Waals surface area contributed by atoms with Gasteiger partial charge < -0.3 is 10.6 Å². The molecule has 0 unspecified atom stereocenters. The second kappa shape index (κ2) is 9.62. The molecule has 2 heterocycles. The molecule has 5 rings (SSSR count). The number of anilines is 1. The maximum Gasteiger partial charge on any atom is 0.321 e. The molecule has 0 radical (unpaired) electrons. The number of carbonyl (C=O) groups excluding carboxylic acids is 2. The molecule has 0 aliphatic carbocycles. The lowest BCUT2D eigenvalue weighted by Crippen LogP contribution is -2.28. The first-order chi connectivity index (χ1) is 16.7. The van der Waals surface area contributed by atoms with Crippen LogP contribution in [-0.4, -0.2) is 34.8 Å². The van der Waals surface area contributed by atoms with Crippen molar-refractivity contribution < 1.29 is 9.59 Å². The lowest BCUT2D eigenvalue weighted by atomic mass is 10.1. The number of amides is 3. The Kier molecular flexibility index (Phi) is 6.07. The average Bonchev–Trinajstić information content (AvgIpc) is 3.49. The standard InChI is InChI=1S/C27H25N5O2/c33-26(22-11-13-24(14-12-22)32-16-15-28-27(32)34)29-17-23-19-31(18-20-7-3-1-4-8-20)30-25(23)21-9-5-2-6-10-21/h1-14,19H,15-18H2,(H,28,34)(H,29,33). The van der Waals surface area contributed by atoms with E-state index < -0.39 is 0 Å². The number of carbonyl (C=O) groups is 2. The first-order valence-electron chi connectivity index (χ1n) is 11.3. The van der Waals surface area contributed by atoms with Crippen LogP contribution in [0.2, 0.25) is 0 Å². The van der Waals surface area contributed by atoms with Crippen LogP contribution >= 0.6 is 0 Å². The number of aromatic nitrogens is 2. The number of hydrogen-bond donors (Lipinski definition) is 2. The molecule has 7 heteroatoms. The maximum absolute atomic E-state index is 12.8. The average molecular weight is 452 g/mol. The van der Waals surface area contributed by atoms with Gasteiger partial charge in [0.15, 0.2) is 0 Å². The fourth-order valence-corrected chi connectivity index (χ4v) is 4.07. The van der Waals surface area contributed by atoms with Gasteiger partial charge >= 0.3 is 6.03 Å². The van der Waals surface area contributed by atoms with Gasteiger partial charge in [-0.15, -0.1) is 0 Å². The molecule has 34 heavy (non-hydrogen) atoms. The van der Waals surface area contributed by atoms with Crippen LogP contribution in [0.5, 0.6) is 0 Å². The monoisotopic (exact) mass is 451 g/mol. The number of urea groups is 1. The van der Waals surface area contributed by atoms with Crippen molar-refractivity contribution >= 4 is 17.6 Å². The molecule has 0 bridgehead atoms. The van der Waals surface area contributed by atoms with E-state index in [9.17, 15) is 9.59 Å². The van der Waals surface area contributed by atoms with Crippen LogP contribution < -0.4 is 15.5 Å². The smallest absolute Gasteiger partial charge is 0.321 e. The number of hydrogen-bond acceptors (Lipinski definition) is 3. The van der Waals surface area contributed by atoms with E-state index in [1.54, 1.807) is 29.2 Å². The first kappa shape index (κ1) is 21.5. The minimum absolute atomic E-state index is 0.113. The van der Waals surface area contributed by atoms with Gasteiger partial charge in [0.25, 0.3) is 5.91 Å². The van der Waals surface area contributed by atoms with E-state index in [0.717, 1.165) is 28.1 Å². The molecule has 0 saturated carbocycles. The van der Waals surface area contributed by atoms with Gasteiger partial charge in [-0.25, -0.2) is 4.79 Å². The zero-order valence-corrected chi connectivity index (χ0v) is 18.6. The highest BCUT2D eigenvalue weighted by Crippen LogP contribution is 2.23. The van der Waals surface area contributed by atoms with Crippen LogP contribution in [0.3, 0.4) is 0 Å². The van der Waals surface area contributed by atoms with E-state index in [4.69, 9.17) is 5.10 Å². The molecular weight excluding hydrogens is 426 g/mol. The van der Waals surface area contributed by atoms with Crippen molar-refractivity contribution in [2.24, 2.45) is 0 Å². The van der Waals surface area contributed by atoms with Gasteiger partial charge in [0.2, 0.25) is 0 Å². The summed E-state index contributed by atoms with van der Waals surface area (Å²) in [7, 11) is 0. The Hall–Kier alpha value is -4.39. The van der Waals surface area contributed by atoms with E-state index >= 15 is 0 Å². The van der Waals surface area contributed by atoms with E-state index in [-0.39, 0.29) is 11.9 Å². The lowest BCUT2D eigenvalue weighted by Gasteiger charge is -2.14. The fraction of sp³-hybridized carbons (Fsp3) is 0.148. The van der Waals surface area contributed by atoms with Crippen molar-refractivity contribution in [1.82, 2.24) is 20.4 Å². The van der Waals surface area contributed by atoms with Crippen molar-refractivity contribution in [3.63, 3.8) is 0 Å². The molecule has 7 nitrogen and oxygen atoms in total. The Morgan fingerprint density at radius 2 is 1.65 bits per heavy atom. The van der Waals surface area contributed by atoms with E-state index in [0.29, 0.717) is 31.7 Å². The molecular formula is C27H25N5O2. The molecule has 170 valence electrons. The summed E-state index contributed by atoms with van der Waals surface area (Å²) < 4.78 is 1.91. The van der Waals surface area contributed by atoms with Gasteiger partial charge in [-0.2, -0.15) is 5.10 Å². The summed E-state index contributed by atoms with van der Waals surface area (Å²) in [4.78, 5) is 26.3. The summed E-state index contributed by atoms with van der Waals surface area (Å²) in [6.45, 7) is 2.26. The predicted molar refractivity (Wildman–Crippen MR) is 132 cm³/mol. The number of benzene rings is 3. The second-order valence-corrected chi connectivity index (χ2v) is 8.17. The zero-order chi connectivity index (χ0) is 23.3. The molecule has 4 aromatic rings. The third kappa shape index (κ3) is 4.68. The van der Waals surface area contributed by atoms with E-state index in [1.807, 2.05) is 59.4 Å². The van der Waals surface area contributed by atoms with Crippen molar-refractivity contribution in [2.45, 2.75) is 13.1 Å². The molecule has 1 aromatic heterocycles. The van der Waals surface area contributed by atoms with Gasteiger partial charge in [0.05, 0.1) is 12.2 Å². The molecule has 3 aromatic carbocycles. The molecule has 0 spiro atoms. The van der Waals surface area contributed by atoms with Gasteiger partial charge in [-0.05, 0) is 29.8 Å². The summed E-state index contributed by atoms with van der Waals surface area (Å²) in [5, 5.41) is 10.6. The van der Waals surface area contributed by atoms with Gasteiger partial charge in [-0.3, -0.25) is 14.4 Å². The van der Waals surface area contributed by atoms with E-state index in [2.05, 4.69) is 22.8 Å². The highest BCUT2D eigenvalue weighted by atomic mass is 16.2. The summed E-state index contributed by atoms with van der Waals surface area (Å²) in [6, 6.07) is 27.1. The largest absolute Gasteiger partial charge is 0.348 e. The molecule has 0 atom stereocenters. The molecule has 2 N–H and O–H groups in total. The van der Waals surface area contributed by atoms with Crippen LogP contribution in [0.1, 0.15) is 21.5 Å². The quantitative estimate of drug-likeness (QED) is 0.445. The van der Waals surface area contributed by atoms with Crippen LogP contribution in [-0.2, 0) is 13.1 Å². The zero-order valence-electron chi connectivity index (χ0n) is 18.6. The molecule has 1 saturated heterocycles. The highest BCUT2D eigenvalue weighted by molar-refractivity contribution is 5.97. The van der Waals surface area contributed by atoms with Gasteiger partial charge in [-0.1, -0.05) is 60.7 Å². The van der Waals surface area contributed by atoms with Gasteiger partial charge in [0, 0.05) is 48.2 Å². The van der Waals surface area contributed by atoms with Gasteiger partial charge in [0.1, 0.15) is 0 Å². The SMILES string of the molecule is O=C(NCc1cn(Cc2ccccc2)nc1-c1ccccc1)c1ccc(N2CCNC2=O)cc1. The summed E-state index contributed by atoms with van der Waals surface area (Å²) in [5.41, 5.74) is 5.29.